The molecule has 0 unspecified atom stereocenters. The molecule has 1 aromatic heterocycles. The maximum atomic E-state index is 13.3. The lowest BCUT2D eigenvalue weighted by Crippen LogP contribution is -1.76. The summed E-state index contributed by atoms with van der Waals surface area (Å²) < 4.78 is 19.0. The second-order valence-corrected chi connectivity index (χ2v) is 5.13. The lowest BCUT2D eigenvalue weighted by molar-refractivity contribution is 0.567. The number of rotatable bonds is 2. The second-order valence-electron chi connectivity index (χ2n) is 4.04. The Labute approximate surface area is 109 Å². The van der Waals surface area contributed by atoms with Crippen LogP contribution in [0, 0.1) is 12.7 Å². The third kappa shape index (κ3) is 2.02. The van der Waals surface area contributed by atoms with Gasteiger partial charge in [0, 0.05) is 10.3 Å². The van der Waals surface area contributed by atoms with Gasteiger partial charge in [-0.05, 0) is 37.3 Å². The molecule has 1 nitrogen and oxygen atoms in total. The van der Waals surface area contributed by atoms with E-state index in [2.05, 4.69) is 0 Å². The van der Waals surface area contributed by atoms with Crippen molar-refractivity contribution >= 4 is 22.7 Å². The summed E-state index contributed by atoms with van der Waals surface area (Å²) in [6.45, 7) is 1.91. The number of fused-ring (bicyclic) bond motifs is 1. The molecule has 0 fully saturated rings. The lowest BCUT2D eigenvalue weighted by atomic mass is 10.2. The molecule has 0 amide bonds. The molecule has 0 radical (unpaired) electrons. The Hall–Kier alpha value is -1.74. The van der Waals surface area contributed by atoms with Gasteiger partial charge in [-0.15, -0.1) is 0 Å². The first-order valence-electron chi connectivity index (χ1n) is 5.65. The molecule has 0 spiro atoms. The van der Waals surface area contributed by atoms with Gasteiger partial charge in [-0.3, -0.25) is 0 Å². The molecule has 18 heavy (non-hydrogen) atoms. The number of hydrogen-bond acceptors (Lipinski definition) is 2. The van der Waals surface area contributed by atoms with Crippen molar-refractivity contribution in [2.75, 3.05) is 0 Å². The molecule has 3 rings (SSSR count). The summed E-state index contributed by atoms with van der Waals surface area (Å²) in [7, 11) is 0. The number of halogens is 1. The fraction of sp³-hybridized carbons (Fsp3) is 0.0667. The highest BCUT2D eigenvalue weighted by molar-refractivity contribution is 7.99. The molecule has 3 heteroatoms. The van der Waals surface area contributed by atoms with Crippen LogP contribution in [0.1, 0.15) is 5.76 Å². The summed E-state index contributed by atoms with van der Waals surface area (Å²) in [5, 5.41) is 0.835. The zero-order chi connectivity index (χ0) is 12.5. The van der Waals surface area contributed by atoms with Crippen LogP contribution in [0.4, 0.5) is 4.39 Å². The largest absolute Gasteiger partial charge is 0.460 e. The van der Waals surface area contributed by atoms with Crippen LogP contribution in [0.2, 0.25) is 0 Å². The molecule has 1 heterocycles. The molecule has 0 atom stereocenters. The quantitative estimate of drug-likeness (QED) is 0.639. The van der Waals surface area contributed by atoms with E-state index in [1.54, 1.807) is 17.8 Å². The van der Waals surface area contributed by atoms with Gasteiger partial charge >= 0.3 is 0 Å². The molecule has 0 aliphatic heterocycles. The van der Waals surface area contributed by atoms with Crippen LogP contribution in [0.5, 0.6) is 0 Å². The average molecular weight is 258 g/mol. The minimum absolute atomic E-state index is 0.238. The van der Waals surface area contributed by atoms with E-state index in [4.69, 9.17) is 4.42 Å². The molecule has 0 saturated heterocycles. The minimum Gasteiger partial charge on any atom is -0.460 e. The van der Waals surface area contributed by atoms with Crippen LogP contribution in [0.3, 0.4) is 0 Å². The van der Waals surface area contributed by atoms with Crippen LogP contribution < -0.4 is 0 Å². The Morgan fingerprint density at radius 3 is 2.61 bits per heavy atom. The zero-order valence-corrected chi connectivity index (χ0v) is 10.6. The molecule has 0 N–H and O–H groups in total. The van der Waals surface area contributed by atoms with Gasteiger partial charge < -0.3 is 4.42 Å². The third-order valence-electron chi connectivity index (χ3n) is 2.73. The summed E-state index contributed by atoms with van der Waals surface area (Å²) in [6.07, 6.45) is 0. The van der Waals surface area contributed by atoms with Crippen molar-refractivity contribution in [3.05, 3.63) is 60.1 Å². The third-order valence-corrected chi connectivity index (χ3v) is 3.95. The SMILES string of the molecule is Cc1oc2ccc(F)cc2c1Sc1ccccc1. The van der Waals surface area contributed by atoms with Crippen LogP contribution in [-0.2, 0) is 0 Å². The highest BCUT2D eigenvalue weighted by atomic mass is 32.2. The summed E-state index contributed by atoms with van der Waals surface area (Å²) in [5.41, 5.74) is 0.729. The molecule has 3 aromatic rings. The Balaban J connectivity index is 2.11. The van der Waals surface area contributed by atoms with Crippen molar-refractivity contribution in [2.45, 2.75) is 16.7 Å². The lowest BCUT2D eigenvalue weighted by Gasteiger charge is -2.00. The number of furan rings is 1. The first kappa shape index (κ1) is 11.4. The van der Waals surface area contributed by atoms with Gasteiger partial charge in [-0.1, -0.05) is 30.0 Å². The normalized spacial score (nSPS) is 11.0. The van der Waals surface area contributed by atoms with Gasteiger partial charge in [0.25, 0.3) is 0 Å². The van der Waals surface area contributed by atoms with Crippen molar-refractivity contribution < 1.29 is 8.81 Å². The van der Waals surface area contributed by atoms with Crippen LogP contribution in [0.15, 0.2) is 62.7 Å². The topological polar surface area (TPSA) is 13.1 Å². The van der Waals surface area contributed by atoms with Gasteiger partial charge in [0.1, 0.15) is 17.2 Å². The van der Waals surface area contributed by atoms with Crippen LogP contribution in [0.25, 0.3) is 11.0 Å². The Bertz CT molecular complexity index is 688. The monoisotopic (exact) mass is 258 g/mol. The maximum Gasteiger partial charge on any atom is 0.135 e. The van der Waals surface area contributed by atoms with Gasteiger partial charge in [0.05, 0.1) is 4.90 Å². The summed E-state index contributed by atoms with van der Waals surface area (Å²) in [4.78, 5) is 2.10. The van der Waals surface area contributed by atoms with E-state index in [-0.39, 0.29) is 5.82 Å². The van der Waals surface area contributed by atoms with Crippen LogP contribution in [-0.4, -0.2) is 0 Å². The van der Waals surface area contributed by atoms with Crippen molar-refractivity contribution in [3.8, 4) is 0 Å². The Morgan fingerprint density at radius 2 is 1.83 bits per heavy atom. The smallest absolute Gasteiger partial charge is 0.135 e. The molecule has 0 bridgehead atoms. The number of hydrogen-bond donors (Lipinski definition) is 0. The molecular weight excluding hydrogens is 247 g/mol. The van der Waals surface area contributed by atoms with Gasteiger partial charge in [-0.2, -0.15) is 0 Å². The van der Waals surface area contributed by atoms with E-state index in [0.29, 0.717) is 0 Å². The van der Waals surface area contributed by atoms with E-state index < -0.39 is 0 Å². The minimum atomic E-state index is -0.238. The van der Waals surface area contributed by atoms with Crippen molar-refractivity contribution in [2.24, 2.45) is 0 Å². The maximum absolute atomic E-state index is 13.3. The van der Waals surface area contributed by atoms with Gasteiger partial charge in [0.15, 0.2) is 0 Å². The van der Waals surface area contributed by atoms with Crippen molar-refractivity contribution in [1.82, 2.24) is 0 Å². The van der Waals surface area contributed by atoms with Crippen LogP contribution >= 0.6 is 11.8 Å². The van der Waals surface area contributed by atoms with E-state index in [9.17, 15) is 4.39 Å². The molecule has 0 aliphatic rings. The predicted octanol–water partition coefficient (Wildman–Crippen LogP) is 5.03. The van der Waals surface area contributed by atoms with Crippen molar-refractivity contribution in [3.63, 3.8) is 0 Å². The fourth-order valence-electron chi connectivity index (χ4n) is 1.90. The molecule has 2 aromatic carbocycles. The summed E-state index contributed by atoms with van der Waals surface area (Å²) in [5.74, 6) is 0.586. The van der Waals surface area contributed by atoms with E-state index >= 15 is 0 Å². The Kier molecular flexibility index (Phi) is 2.84. The van der Waals surface area contributed by atoms with E-state index in [1.165, 1.54) is 12.1 Å². The predicted molar refractivity (Wildman–Crippen MR) is 71.5 cm³/mol. The number of aryl methyl sites for hydroxylation is 1. The number of benzene rings is 2. The highest BCUT2D eigenvalue weighted by Gasteiger charge is 2.12. The van der Waals surface area contributed by atoms with E-state index in [1.807, 2.05) is 37.3 Å². The average Bonchev–Trinajstić information content (AvgIpc) is 2.67. The molecule has 0 aliphatic carbocycles. The first-order valence-corrected chi connectivity index (χ1v) is 6.47. The summed E-state index contributed by atoms with van der Waals surface area (Å²) in [6, 6.07) is 14.6. The zero-order valence-electron chi connectivity index (χ0n) is 9.81. The van der Waals surface area contributed by atoms with E-state index in [0.717, 1.165) is 26.5 Å². The fourth-order valence-corrected chi connectivity index (χ4v) is 2.89. The first-order chi connectivity index (χ1) is 8.74. The van der Waals surface area contributed by atoms with Gasteiger partial charge in [-0.25, -0.2) is 4.39 Å². The Morgan fingerprint density at radius 1 is 1.06 bits per heavy atom. The second kappa shape index (κ2) is 4.50. The highest BCUT2D eigenvalue weighted by Crippen LogP contribution is 2.38. The standard InChI is InChI=1S/C15H11FOS/c1-10-15(18-12-5-3-2-4-6-12)13-9-11(16)7-8-14(13)17-10/h2-9H,1H3. The molecule has 90 valence electrons. The molecular formula is C15H11FOS. The van der Waals surface area contributed by atoms with Gasteiger partial charge in [0.2, 0.25) is 0 Å². The summed E-state index contributed by atoms with van der Waals surface area (Å²) >= 11 is 1.60. The van der Waals surface area contributed by atoms with Crippen molar-refractivity contribution in [1.29, 1.82) is 0 Å². The molecule has 0 saturated carbocycles.